The smallest absolute Gasteiger partial charge is 0.160 e. The van der Waals surface area contributed by atoms with Gasteiger partial charge in [0.1, 0.15) is 0 Å². The molecule has 0 spiro atoms. The van der Waals surface area contributed by atoms with Gasteiger partial charge in [0.05, 0.1) is 33.6 Å². The molecule has 0 unspecified atom stereocenters. The Hall–Kier alpha value is -7.04. The van der Waals surface area contributed by atoms with E-state index in [-0.39, 0.29) is 0 Å². The third-order valence-electron chi connectivity index (χ3n) is 9.89. The first-order valence-corrected chi connectivity index (χ1v) is 17.5. The molecule has 0 atom stereocenters. The van der Waals surface area contributed by atoms with E-state index in [9.17, 15) is 0 Å². The maximum absolute atomic E-state index is 5.26. The Morgan fingerprint density at radius 2 is 0.769 bits per heavy atom. The topological polar surface area (TPSA) is 51.6 Å². The molecule has 0 fully saturated rings. The highest BCUT2D eigenvalue weighted by Gasteiger charge is 2.16. The van der Waals surface area contributed by atoms with Crippen LogP contribution in [0.5, 0.6) is 0 Å². The Labute approximate surface area is 300 Å². The lowest BCUT2D eigenvalue weighted by Crippen LogP contribution is -1.95. The van der Waals surface area contributed by atoms with Crippen LogP contribution < -0.4 is 0 Å². The van der Waals surface area contributed by atoms with Crippen LogP contribution in [0.4, 0.5) is 0 Å². The van der Waals surface area contributed by atoms with E-state index in [4.69, 9.17) is 19.9 Å². The van der Waals surface area contributed by atoms with E-state index in [2.05, 4.69) is 146 Å². The van der Waals surface area contributed by atoms with Crippen LogP contribution in [0.1, 0.15) is 0 Å². The Balaban J connectivity index is 1.03. The predicted molar refractivity (Wildman–Crippen MR) is 215 cm³/mol. The van der Waals surface area contributed by atoms with Gasteiger partial charge >= 0.3 is 0 Å². The lowest BCUT2D eigenvalue weighted by atomic mass is 9.95. The highest BCUT2D eigenvalue weighted by molar-refractivity contribution is 6.20. The van der Waals surface area contributed by atoms with Gasteiger partial charge in [-0.2, -0.15) is 0 Å². The van der Waals surface area contributed by atoms with Crippen molar-refractivity contribution >= 4 is 43.5 Å². The summed E-state index contributed by atoms with van der Waals surface area (Å²) in [5.41, 5.74) is 12.2. The molecule has 10 aromatic rings. The van der Waals surface area contributed by atoms with Crippen molar-refractivity contribution in [2.45, 2.75) is 0 Å². The van der Waals surface area contributed by atoms with Gasteiger partial charge in [0, 0.05) is 43.8 Å². The number of hydrogen-bond acceptors (Lipinski definition) is 4. The van der Waals surface area contributed by atoms with E-state index in [1.54, 1.807) is 0 Å². The molecule has 3 aromatic heterocycles. The molecule has 7 aromatic carbocycles. The molecule has 0 N–H and O–H groups in total. The van der Waals surface area contributed by atoms with Crippen molar-refractivity contribution in [2.75, 3.05) is 0 Å². The monoisotopic (exact) mass is 662 g/mol. The molecule has 10 rings (SSSR count). The zero-order chi connectivity index (χ0) is 34.4. The van der Waals surface area contributed by atoms with Gasteiger partial charge in [-0.05, 0) is 46.8 Å². The Kier molecular flexibility index (Phi) is 7.10. The lowest BCUT2D eigenvalue weighted by Gasteiger charge is -2.14. The van der Waals surface area contributed by atoms with Crippen molar-refractivity contribution in [3.05, 3.63) is 182 Å². The molecule has 0 aliphatic rings. The van der Waals surface area contributed by atoms with E-state index in [1.165, 1.54) is 5.39 Å². The minimum Gasteiger partial charge on any atom is -0.248 e. The van der Waals surface area contributed by atoms with Gasteiger partial charge in [-0.3, -0.25) is 0 Å². The minimum atomic E-state index is 0.714. The molecule has 0 radical (unpaired) electrons. The molecule has 0 bridgehead atoms. The molecule has 3 heterocycles. The number of hydrogen-bond donors (Lipinski definition) is 0. The molecule has 0 amide bonds. The highest BCUT2D eigenvalue weighted by Crippen LogP contribution is 2.38. The summed E-state index contributed by atoms with van der Waals surface area (Å²) in [6, 6.07) is 63.2. The van der Waals surface area contributed by atoms with Gasteiger partial charge in [-0.15, -0.1) is 0 Å². The third-order valence-corrected chi connectivity index (χ3v) is 9.89. The summed E-state index contributed by atoms with van der Waals surface area (Å²) in [5, 5.41) is 5.57. The predicted octanol–water partition coefficient (Wildman–Crippen LogP) is 12.2. The summed E-state index contributed by atoms with van der Waals surface area (Å²) in [6.07, 6.45) is 0. The summed E-state index contributed by atoms with van der Waals surface area (Å²) in [4.78, 5) is 20.4. The van der Waals surface area contributed by atoms with E-state index < -0.39 is 0 Å². The molecule has 0 aliphatic carbocycles. The highest BCUT2D eigenvalue weighted by atomic mass is 14.9. The maximum atomic E-state index is 5.26. The van der Waals surface area contributed by atoms with Gasteiger partial charge < -0.3 is 0 Å². The average Bonchev–Trinajstić information content (AvgIpc) is 3.23. The number of aromatic nitrogens is 4. The van der Waals surface area contributed by atoms with Crippen molar-refractivity contribution in [3.63, 3.8) is 0 Å². The van der Waals surface area contributed by atoms with Crippen LogP contribution in [0, 0.1) is 0 Å². The number of fused-ring (bicyclic) bond motifs is 6. The summed E-state index contributed by atoms with van der Waals surface area (Å²) < 4.78 is 0. The Morgan fingerprint density at radius 1 is 0.250 bits per heavy atom. The largest absolute Gasteiger partial charge is 0.248 e. The van der Waals surface area contributed by atoms with Gasteiger partial charge in [-0.25, -0.2) is 19.9 Å². The van der Waals surface area contributed by atoms with Crippen LogP contribution in [0.2, 0.25) is 0 Å². The summed E-state index contributed by atoms with van der Waals surface area (Å²) in [5.74, 6) is 0.714. The summed E-state index contributed by atoms with van der Waals surface area (Å²) in [7, 11) is 0. The molecule has 4 nitrogen and oxygen atoms in total. The first kappa shape index (κ1) is 29.8. The number of para-hydroxylation sites is 2. The normalized spacial score (nSPS) is 11.5. The van der Waals surface area contributed by atoms with Crippen molar-refractivity contribution < 1.29 is 0 Å². The SMILES string of the molecule is c1ccc(-c2ccc3c(ccc4c5ccccc5nc(-c5ccc(-c6ccc(-c7nc(-c8ccccc8)c8ccccc8n7)cc6)cc5)c34)n2)cc1. The average molecular weight is 663 g/mol. The van der Waals surface area contributed by atoms with E-state index in [1.807, 2.05) is 36.4 Å². The van der Waals surface area contributed by atoms with Crippen molar-refractivity contribution in [3.8, 4) is 56.3 Å². The van der Waals surface area contributed by atoms with Crippen molar-refractivity contribution in [1.29, 1.82) is 0 Å². The Morgan fingerprint density at radius 3 is 1.48 bits per heavy atom. The van der Waals surface area contributed by atoms with E-state index in [0.29, 0.717) is 5.82 Å². The fourth-order valence-electron chi connectivity index (χ4n) is 7.29. The maximum Gasteiger partial charge on any atom is 0.160 e. The second-order valence-electron chi connectivity index (χ2n) is 13.0. The molecule has 0 aliphatic heterocycles. The van der Waals surface area contributed by atoms with E-state index in [0.717, 1.165) is 88.6 Å². The fraction of sp³-hybridized carbons (Fsp3) is 0. The van der Waals surface area contributed by atoms with Gasteiger partial charge in [0.2, 0.25) is 0 Å². The number of pyridine rings is 2. The molecule has 242 valence electrons. The number of benzene rings is 7. The molecule has 0 saturated carbocycles. The van der Waals surface area contributed by atoms with Crippen LogP contribution in [0.3, 0.4) is 0 Å². The van der Waals surface area contributed by atoms with Crippen molar-refractivity contribution in [2.24, 2.45) is 0 Å². The first-order chi connectivity index (χ1) is 25.8. The van der Waals surface area contributed by atoms with Gasteiger partial charge in [0.25, 0.3) is 0 Å². The summed E-state index contributed by atoms with van der Waals surface area (Å²) >= 11 is 0. The molecule has 52 heavy (non-hydrogen) atoms. The van der Waals surface area contributed by atoms with Crippen LogP contribution >= 0.6 is 0 Å². The van der Waals surface area contributed by atoms with Crippen LogP contribution in [0.25, 0.3) is 99.8 Å². The standard InChI is InChI=1S/C48H30N4/c1-3-11-33(12-4-1)41-29-28-39-44(49-41)30-27-38-37-15-7-9-17-42(37)50-47(45(38)39)35-23-19-31(20-24-35)32-21-25-36(26-22-32)48-51-43-18-10-8-16-40(43)46(52-48)34-13-5-2-6-14-34/h1-30H. The lowest BCUT2D eigenvalue weighted by molar-refractivity contribution is 1.23. The van der Waals surface area contributed by atoms with Crippen LogP contribution in [0.15, 0.2) is 182 Å². The number of nitrogens with zero attached hydrogens (tertiary/aromatic N) is 4. The number of rotatable bonds is 5. The van der Waals surface area contributed by atoms with Crippen molar-refractivity contribution in [1.82, 2.24) is 19.9 Å². The first-order valence-electron chi connectivity index (χ1n) is 17.5. The quantitative estimate of drug-likeness (QED) is 0.172. The summed E-state index contributed by atoms with van der Waals surface area (Å²) in [6.45, 7) is 0. The third kappa shape index (κ3) is 5.17. The zero-order valence-corrected chi connectivity index (χ0v) is 28.1. The zero-order valence-electron chi connectivity index (χ0n) is 28.1. The molecule has 4 heteroatoms. The van der Waals surface area contributed by atoms with Gasteiger partial charge in [0.15, 0.2) is 5.82 Å². The van der Waals surface area contributed by atoms with Gasteiger partial charge in [-0.1, -0.05) is 152 Å². The minimum absolute atomic E-state index is 0.714. The second-order valence-corrected chi connectivity index (χ2v) is 13.0. The molecular formula is C48H30N4. The molecule has 0 saturated heterocycles. The van der Waals surface area contributed by atoms with Crippen LogP contribution in [-0.4, -0.2) is 19.9 Å². The van der Waals surface area contributed by atoms with Crippen LogP contribution in [-0.2, 0) is 0 Å². The second kappa shape index (κ2) is 12.4. The van der Waals surface area contributed by atoms with E-state index >= 15 is 0 Å². The Bertz CT molecular complexity index is 2920. The molecular weight excluding hydrogens is 633 g/mol. The fourth-order valence-corrected chi connectivity index (χ4v) is 7.29.